The highest BCUT2D eigenvalue weighted by atomic mass is 127. The van der Waals surface area contributed by atoms with Crippen molar-refractivity contribution in [3.63, 3.8) is 0 Å². The molecular formula is C15H12F2INO3. The van der Waals surface area contributed by atoms with Gasteiger partial charge in [0.05, 0.1) is 23.4 Å². The van der Waals surface area contributed by atoms with Crippen LogP contribution in [0.3, 0.4) is 0 Å². The van der Waals surface area contributed by atoms with Crippen molar-refractivity contribution in [3.8, 4) is 11.5 Å². The van der Waals surface area contributed by atoms with Gasteiger partial charge in [-0.1, -0.05) is 0 Å². The van der Waals surface area contributed by atoms with Gasteiger partial charge in [0.25, 0.3) is 5.91 Å². The Labute approximate surface area is 139 Å². The summed E-state index contributed by atoms with van der Waals surface area (Å²) in [7, 11) is 2.90. The normalized spacial score (nSPS) is 10.2. The van der Waals surface area contributed by atoms with Crippen LogP contribution in [0.4, 0.5) is 14.5 Å². The largest absolute Gasteiger partial charge is 0.497 e. The number of methoxy groups -OCH3 is 2. The van der Waals surface area contributed by atoms with E-state index in [1.165, 1.54) is 20.3 Å². The van der Waals surface area contributed by atoms with Crippen LogP contribution in [0.2, 0.25) is 0 Å². The van der Waals surface area contributed by atoms with Crippen LogP contribution in [0.25, 0.3) is 0 Å². The highest BCUT2D eigenvalue weighted by Crippen LogP contribution is 2.26. The summed E-state index contributed by atoms with van der Waals surface area (Å²) in [6, 6.07) is 6.75. The van der Waals surface area contributed by atoms with Crippen molar-refractivity contribution in [3.05, 3.63) is 51.1 Å². The van der Waals surface area contributed by atoms with Crippen molar-refractivity contribution in [2.75, 3.05) is 19.5 Å². The maximum Gasteiger partial charge on any atom is 0.259 e. The lowest BCUT2D eigenvalue weighted by Crippen LogP contribution is -2.14. The second-order valence-electron chi connectivity index (χ2n) is 4.27. The Morgan fingerprint density at radius 1 is 1.09 bits per heavy atom. The summed E-state index contributed by atoms with van der Waals surface area (Å²) < 4.78 is 37.0. The van der Waals surface area contributed by atoms with Crippen LogP contribution >= 0.6 is 22.6 Å². The SMILES string of the molecule is COc1ccc(C(=O)Nc2cc(F)c(I)c(F)c2)c(OC)c1. The van der Waals surface area contributed by atoms with E-state index >= 15 is 0 Å². The van der Waals surface area contributed by atoms with Gasteiger partial charge in [-0.05, 0) is 46.9 Å². The summed E-state index contributed by atoms with van der Waals surface area (Å²) in [4.78, 5) is 12.2. The fourth-order valence-corrected chi connectivity index (χ4v) is 2.12. The average Bonchev–Trinajstić information content (AvgIpc) is 2.51. The molecule has 0 unspecified atom stereocenters. The van der Waals surface area contributed by atoms with E-state index in [2.05, 4.69) is 5.32 Å². The number of ether oxygens (including phenoxy) is 2. The van der Waals surface area contributed by atoms with Crippen LogP contribution in [0.5, 0.6) is 11.5 Å². The molecule has 0 atom stereocenters. The number of nitrogens with one attached hydrogen (secondary N) is 1. The summed E-state index contributed by atoms with van der Waals surface area (Å²) in [5, 5.41) is 2.44. The van der Waals surface area contributed by atoms with E-state index < -0.39 is 17.5 Å². The van der Waals surface area contributed by atoms with Crippen LogP contribution in [0.1, 0.15) is 10.4 Å². The van der Waals surface area contributed by atoms with Crippen LogP contribution in [-0.2, 0) is 0 Å². The van der Waals surface area contributed by atoms with E-state index in [1.54, 1.807) is 34.7 Å². The first kappa shape index (κ1) is 16.5. The maximum absolute atomic E-state index is 13.5. The zero-order valence-electron chi connectivity index (χ0n) is 11.7. The van der Waals surface area contributed by atoms with Gasteiger partial charge in [0.1, 0.15) is 23.1 Å². The molecule has 0 saturated heterocycles. The van der Waals surface area contributed by atoms with Gasteiger partial charge in [0.15, 0.2) is 0 Å². The van der Waals surface area contributed by atoms with E-state index in [0.717, 1.165) is 12.1 Å². The van der Waals surface area contributed by atoms with Gasteiger partial charge in [-0.15, -0.1) is 0 Å². The smallest absolute Gasteiger partial charge is 0.259 e. The summed E-state index contributed by atoms with van der Waals surface area (Å²) in [6.07, 6.45) is 0. The molecule has 0 aliphatic heterocycles. The lowest BCUT2D eigenvalue weighted by Gasteiger charge is -2.11. The molecule has 0 aliphatic rings. The first-order valence-electron chi connectivity index (χ1n) is 6.14. The first-order valence-corrected chi connectivity index (χ1v) is 7.22. The molecule has 0 radical (unpaired) electrons. The molecule has 2 aromatic carbocycles. The molecule has 1 N–H and O–H groups in total. The zero-order chi connectivity index (χ0) is 16.3. The van der Waals surface area contributed by atoms with Gasteiger partial charge in [0.2, 0.25) is 0 Å². The molecule has 0 aliphatic carbocycles. The van der Waals surface area contributed by atoms with E-state index in [9.17, 15) is 13.6 Å². The number of benzene rings is 2. The lowest BCUT2D eigenvalue weighted by atomic mass is 10.1. The van der Waals surface area contributed by atoms with E-state index in [4.69, 9.17) is 9.47 Å². The number of hydrogen-bond donors (Lipinski definition) is 1. The molecule has 1 amide bonds. The summed E-state index contributed by atoms with van der Waals surface area (Å²) in [5.74, 6) is -1.20. The topological polar surface area (TPSA) is 47.6 Å². The fourth-order valence-electron chi connectivity index (χ4n) is 1.81. The minimum atomic E-state index is -0.738. The van der Waals surface area contributed by atoms with Crippen LogP contribution < -0.4 is 14.8 Å². The molecule has 2 aromatic rings. The average molecular weight is 419 g/mol. The van der Waals surface area contributed by atoms with E-state index in [1.807, 2.05) is 0 Å². The number of halogens is 3. The Bertz CT molecular complexity index is 699. The second kappa shape index (κ2) is 6.91. The van der Waals surface area contributed by atoms with Crippen molar-refractivity contribution in [2.45, 2.75) is 0 Å². The standard InChI is InChI=1S/C15H12F2INO3/c1-21-9-3-4-10(13(7-9)22-2)15(20)19-8-5-11(16)14(18)12(17)6-8/h3-7H,1-2H3,(H,19,20). The fraction of sp³-hybridized carbons (Fsp3) is 0.133. The Morgan fingerprint density at radius 2 is 1.73 bits per heavy atom. The maximum atomic E-state index is 13.5. The van der Waals surface area contributed by atoms with Gasteiger partial charge in [-0.25, -0.2) is 8.78 Å². The molecule has 0 heterocycles. The lowest BCUT2D eigenvalue weighted by molar-refractivity contribution is 0.102. The highest BCUT2D eigenvalue weighted by Gasteiger charge is 2.15. The van der Waals surface area contributed by atoms with E-state index in [-0.39, 0.29) is 14.8 Å². The molecule has 0 spiro atoms. The van der Waals surface area contributed by atoms with Crippen LogP contribution in [-0.4, -0.2) is 20.1 Å². The number of carbonyl (C=O) groups excluding carboxylic acids is 1. The number of rotatable bonds is 4. The molecule has 7 heteroatoms. The first-order chi connectivity index (χ1) is 10.5. The third-order valence-electron chi connectivity index (χ3n) is 2.90. The molecule has 4 nitrogen and oxygen atoms in total. The Balaban J connectivity index is 2.29. The minimum Gasteiger partial charge on any atom is -0.497 e. The molecule has 0 aromatic heterocycles. The highest BCUT2D eigenvalue weighted by molar-refractivity contribution is 14.1. The van der Waals surface area contributed by atoms with Crippen molar-refractivity contribution < 1.29 is 23.0 Å². The predicted octanol–water partition coefficient (Wildman–Crippen LogP) is 3.84. The third kappa shape index (κ3) is 3.46. The van der Waals surface area contributed by atoms with Crippen LogP contribution in [0, 0.1) is 15.2 Å². The number of anilines is 1. The Kier molecular flexibility index (Phi) is 5.17. The van der Waals surface area contributed by atoms with Gasteiger partial charge in [-0.2, -0.15) is 0 Å². The minimum absolute atomic E-state index is 0.0262. The third-order valence-corrected chi connectivity index (χ3v) is 3.93. The van der Waals surface area contributed by atoms with Crippen molar-refractivity contribution in [1.82, 2.24) is 0 Å². The molecule has 116 valence electrons. The molecule has 0 bridgehead atoms. The van der Waals surface area contributed by atoms with Crippen molar-refractivity contribution >= 4 is 34.2 Å². The van der Waals surface area contributed by atoms with Gasteiger partial charge in [-0.3, -0.25) is 4.79 Å². The van der Waals surface area contributed by atoms with Crippen molar-refractivity contribution in [2.24, 2.45) is 0 Å². The Hall–Kier alpha value is -1.90. The molecule has 0 saturated carbocycles. The number of hydrogen-bond acceptors (Lipinski definition) is 3. The van der Waals surface area contributed by atoms with Gasteiger partial charge < -0.3 is 14.8 Å². The number of amides is 1. The van der Waals surface area contributed by atoms with Crippen LogP contribution in [0.15, 0.2) is 30.3 Å². The summed E-state index contributed by atoms with van der Waals surface area (Å²) in [5.41, 5.74) is 0.251. The molecular weight excluding hydrogens is 407 g/mol. The van der Waals surface area contributed by atoms with Gasteiger partial charge >= 0.3 is 0 Å². The summed E-state index contributed by atoms with van der Waals surface area (Å²) >= 11 is 1.55. The number of carbonyl (C=O) groups is 1. The predicted molar refractivity (Wildman–Crippen MR) is 86.6 cm³/mol. The molecule has 0 fully saturated rings. The monoisotopic (exact) mass is 419 g/mol. The quantitative estimate of drug-likeness (QED) is 0.606. The van der Waals surface area contributed by atoms with E-state index in [0.29, 0.717) is 11.5 Å². The molecule has 22 heavy (non-hydrogen) atoms. The van der Waals surface area contributed by atoms with Crippen molar-refractivity contribution in [1.29, 1.82) is 0 Å². The summed E-state index contributed by atoms with van der Waals surface area (Å²) in [6.45, 7) is 0. The second-order valence-corrected chi connectivity index (χ2v) is 5.35. The molecule has 2 rings (SSSR count). The Morgan fingerprint density at radius 3 is 2.27 bits per heavy atom. The van der Waals surface area contributed by atoms with Gasteiger partial charge in [0, 0.05) is 11.8 Å². The zero-order valence-corrected chi connectivity index (χ0v) is 13.9.